The largest absolute Gasteiger partial charge is 0.497 e. The monoisotopic (exact) mass is 368 g/mol. The molecule has 0 aliphatic heterocycles. The predicted octanol–water partition coefficient (Wildman–Crippen LogP) is 3.72. The smallest absolute Gasteiger partial charge is 0.234 e. The number of thioether (sulfide) groups is 1. The van der Waals surface area contributed by atoms with Crippen LogP contribution >= 0.6 is 11.8 Å². The van der Waals surface area contributed by atoms with E-state index in [0.717, 1.165) is 16.8 Å². The standard InChI is InChI=1S/C20H20N2O3S/c1-13-6-7-17-18(8-13)21-15(10-19(17)23)11-26-12-20(24)22-14-4-3-5-16(9-14)25-2/h3-10H,11-12H2,1-2H3,(H,21,23)(H,22,24). The molecule has 26 heavy (non-hydrogen) atoms. The van der Waals surface area contributed by atoms with Crippen LogP contribution in [-0.2, 0) is 10.5 Å². The number of H-pyrrole nitrogens is 1. The van der Waals surface area contributed by atoms with Gasteiger partial charge in [-0.25, -0.2) is 0 Å². The number of aromatic nitrogens is 1. The maximum atomic E-state index is 12.2. The molecular formula is C20H20N2O3S. The highest BCUT2D eigenvalue weighted by Gasteiger charge is 2.06. The fourth-order valence-corrected chi connectivity index (χ4v) is 3.39. The summed E-state index contributed by atoms with van der Waals surface area (Å²) in [6, 6.07) is 14.5. The van der Waals surface area contributed by atoms with Crippen LogP contribution in [0.3, 0.4) is 0 Å². The highest BCUT2D eigenvalue weighted by molar-refractivity contribution is 7.99. The van der Waals surface area contributed by atoms with Crippen LogP contribution in [0, 0.1) is 6.92 Å². The molecule has 3 rings (SSSR count). The molecule has 0 spiro atoms. The van der Waals surface area contributed by atoms with E-state index >= 15 is 0 Å². The minimum Gasteiger partial charge on any atom is -0.497 e. The van der Waals surface area contributed by atoms with Gasteiger partial charge in [0.1, 0.15) is 5.75 Å². The Morgan fingerprint density at radius 1 is 1.19 bits per heavy atom. The molecule has 1 amide bonds. The molecular weight excluding hydrogens is 348 g/mol. The third-order valence-corrected chi connectivity index (χ3v) is 4.87. The molecule has 6 heteroatoms. The van der Waals surface area contributed by atoms with E-state index in [2.05, 4.69) is 10.3 Å². The number of aromatic amines is 1. The quantitative estimate of drug-likeness (QED) is 0.696. The van der Waals surface area contributed by atoms with E-state index in [1.807, 2.05) is 43.3 Å². The van der Waals surface area contributed by atoms with Crippen LogP contribution in [0.15, 0.2) is 53.3 Å². The maximum absolute atomic E-state index is 12.2. The van der Waals surface area contributed by atoms with Crippen molar-refractivity contribution in [3.8, 4) is 5.75 Å². The summed E-state index contributed by atoms with van der Waals surface area (Å²) in [5.41, 5.74) is 3.43. The molecule has 0 aliphatic carbocycles. The number of fused-ring (bicyclic) bond motifs is 1. The first-order chi connectivity index (χ1) is 12.5. The fourth-order valence-electron chi connectivity index (χ4n) is 2.65. The summed E-state index contributed by atoms with van der Waals surface area (Å²) in [4.78, 5) is 27.5. The van der Waals surface area contributed by atoms with Crippen molar-refractivity contribution in [1.29, 1.82) is 0 Å². The Balaban J connectivity index is 1.59. The number of benzene rings is 2. The van der Waals surface area contributed by atoms with Crippen LogP contribution in [0.5, 0.6) is 5.75 Å². The highest BCUT2D eigenvalue weighted by atomic mass is 32.2. The number of methoxy groups -OCH3 is 1. The average molecular weight is 368 g/mol. The van der Waals surface area contributed by atoms with Gasteiger partial charge in [0.25, 0.3) is 0 Å². The molecule has 0 bridgehead atoms. The summed E-state index contributed by atoms with van der Waals surface area (Å²) in [5.74, 6) is 1.46. The molecule has 2 aromatic carbocycles. The second-order valence-electron chi connectivity index (χ2n) is 5.98. The molecule has 0 saturated heterocycles. The molecule has 2 N–H and O–H groups in total. The van der Waals surface area contributed by atoms with Gasteiger partial charge in [0.15, 0.2) is 5.43 Å². The van der Waals surface area contributed by atoms with Crippen molar-refractivity contribution in [2.24, 2.45) is 0 Å². The molecule has 0 fully saturated rings. The van der Waals surface area contributed by atoms with Crippen molar-refractivity contribution in [3.05, 3.63) is 70.0 Å². The Kier molecular flexibility index (Phi) is 5.63. The van der Waals surface area contributed by atoms with Crippen LogP contribution in [0.4, 0.5) is 5.69 Å². The molecule has 3 aromatic rings. The number of amides is 1. The number of carbonyl (C=O) groups is 1. The first-order valence-electron chi connectivity index (χ1n) is 8.19. The Hall–Kier alpha value is -2.73. The molecule has 0 atom stereocenters. The van der Waals surface area contributed by atoms with Gasteiger partial charge in [-0.15, -0.1) is 11.8 Å². The lowest BCUT2D eigenvalue weighted by Gasteiger charge is -2.08. The summed E-state index contributed by atoms with van der Waals surface area (Å²) in [7, 11) is 1.59. The predicted molar refractivity (Wildman–Crippen MR) is 107 cm³/mol. The number of hydrogen-bond acceptors (Lipinski definition) is 4. The Labute approximate surface area is 155 Å². The fraction of sp³-hybridized carbons (Fsp3) is 0.200. The van der Waals surface area contributed by atoms with Crippen LogP contribution < -0.4 is 15.5 Å². The van der Waals surface area contributed by atoms with Crippen LogP contribution in [0.25, 0.3) is 10.9 Å². The minimum atomic E-state index is -0.0952. The van der Waals surface area contributed by atoms with Gasteiger partial charge in [0.05, 0.1) is 12.9 Å². The molecule has 0 aliphatic rings. The molecule has 0 saturated carbocycles. The maximum Gasteiger partial charge on any atom is 0.234 e. The zero-order chi connectivity index (χ0) is 18.5. The third kappa shape index (κ3) is 4.46. The van der Waals surface area contributed by atoms with Crippen molar-refractivity contribution >= 4 is 34.3 Å². The zero-order valence-electron chi connectivity index (χ0n) is 14.7. The van der Waals surface area contributed by atoms with E-state index in [1.165, 1.54) is 11.8 Å². The molecule has 1 aromatic heterocycles. The Bertz CT molecular complexity index is 998. The summed E-state index contributed by atoms with van der Waals surface area (Å²) < 4.78 is 5.14. The van der Waals surface area contributed by atoms with Crippen LogP contribution in [0.2, 0.25) is 0 Å². The number of carbonyl (C=O) groups excluding carboxylic acids is 1. The summed E-state index contributed by atoms with van der Waals surface area (Å²) in [6.45, 7) is 1.99. The van der Waals surface area contributed by atoms with Gasteiger partial charge >= 0.3 is 0 Å². The van der Waals surface area contributed by atoms with Crippen LogP contribution in [0.1, 0.15) is 11.3 Å². The number of nitrogens with one attached hydrogen (secondary N) is 2. The van der Waals surface area contributed by atoms with E-state index in [0.29, 0.717) is 28.3 Å². The van der Waals surface area contributed by atoms with Crippen molar-refractivity contribution in [1.82, 2.24) is 4.98 Å². The lowest BCUT2D eigenvalue weighted by atomic mass is 10.1. The zero-order valence-corrected chi connectivity index (χ0v) is 15.5. The number of rotatable bonds is 6. The second kappa shape index (κ2) is 8.10. The lowest BCUT2D eigenvalue weighted by molar-refractivity contribution is -0.113. The van der Waals surface area contributed by atoms with Crippen molar-refractivity contribution in [3.63, 3.8) is 0 Å². The number of ether oxygens (including phenoxy) is 1. The molecule has 134 valence electrons. The Morgan fingerprint density at radius 2 is 2.04 bits per heavy atom. The molecule has 0 unspecified atom stereocenters. The van der Waals surface area contributed by atoms with Gasteiger partial charge in [-0.1, -0.05) is 12.1 Å². The van der Waals surface area contributed by atoms with Gasteiger partial charge in [0, 0.05) is 40.2 Å². The lowest BCUT2D eigenvalue weighted by Crippen LogP contribution is -2.14. The van der Waals surface area contributed by atoms with Crippen LogP contribution in [-0.4, -0.2) is 23.8 Å². The van der Waals surface area contributed by atoms with Gasteiger partial charge in [-0.3, -0.25) is 9.59 Å². The molecule has 1 heterocycles. The summed E-state index contributed by atoms with van der Waals surface area (Å²) in [5, 5.41) is 3.52. The summed E-state index contributed by atoms with van der Waals surface area (Å²) >= 11 is 1.45. The average Bonchev–Trinajstić information content (AvgIpc) is 2.61. The van der Waals surface area contributed by atoms with E-state index in [9.17, 15) is 9.59 Å². The number of anilines is 1. The molecule has 5 nitrogen and oxygen atoms in total. The van der Waals surface area contributed by atoms with Gasteiger partial charge in [-0.2, -0.15) is 0 Å². The second-order valence-corrected chi connectivity index (χ2v) is 6.97. The number of aryl methyl sites for hydroxylation is 1. The van der Waals surface area contributed by atoms with Crippen molar-refractivity contribution < 1.29 is 9.53 Å². The number of hydrogen-bond donors (Lipinski definition) is 2. The first-order valence-corrected chi connectivity index (χ1v) is 9.35. The first kappa shape index (κ1) is 18.1. The highest BCUT2D eigenvalue weighted by Crippen LogP contribution is 2.18. The van der Waals surface area contributed by atoms with Crippen molar-refractivity contribution in [2.45, 2.75) is 12.7 Å². The third-order valence-electron chi connectivity index (χ3n) is 3.89. The topological polar surface area (TPSA) is 71.2 Å². The van der Waals surface area contributed by atoms with E-state index < -0.39 is 0 Å². The number of pyridine rings is 1. The van der Waals surface area contributed by atoms with E-state index in [-0.39, 0.29) is 11.3 Å². The summed E-state index contributed by atoms with van der Waals surface area (Å²) in [6.07, 6.45) is 0. The molecule has 0 radical (unpaired) electrons. The van der Waals surface area contributed by atoms with E-state index in [4.69, 9.17) is 4.74 Å². The Morgan fingerprint density at radius 3 is 2.85 bits per heavy atom. The van der Waals surface area contributed by atoms with Gasteiger partial charge in [-0.05, 0) is 36.8 Å². The van der Waals surface area contributed by atoms with Gasteiger partial charge < -0.3 is 15.0 Å². The SMILES string of the molecule is COc1cccc(NC(=O)CSCc2cc(=O)c3ccc(C)cc3[nH]2)c1. The van der Waals surface area contributed by atoms with Gasteiger partial charge in [0.2, 0.25) is 5.91 Å². The van der Waals surface area contributed by atoms with Crippen molar-refractivity contribution in [2.75, 3.05) is 18.2 Å². The normalized spacial score (nSPS) is 10.7. The minimum absolute atomic E-state index is 0.00446. The van der Waals surface area contributed by atoms with E-state index in [1.54, 1.807) is 19.2 Å².